The van der Waals surface area contributed by atoms with Gasteiger partial charge in [0.1, 0.15) is 18.1 Å². The Hall–Kier alpha value is -3.31. The predicted molar refractivity (Wildman–Crippen MR) is 110 cm³/mol. The number of benzene rings is 3. The van der Waals surface area contributed by atoms with Gasteiger partial charge in [0.25, 0.3) is 0 Å². The summed E-state index contributed by atoms with van der Waals surface area (Å²) in [5.41, 5.74) is 1.60. The van der Waals surface area contributed by atoms with E-state index in [0.29, 0.717) is 34.3 Å². The van der Waals surface area contributed by atoms with Crippen LogP contribution in [0.2, 0.25) is 5.02 Å². The van der Waals surface area contributed by atoms with E-state index in [9.17, 15) is 9.59 Å². The van der Waals surface area contributed by atoms with Crippen molar-refractivity contribution in [3.63, 3.8) is 0 Å². The molecule has 3 rings (SSSR count). The van der Waals surface area contributed by atoms with Gasteiger partial charge in [-0.15, -0.1) is 0 Å². The van der Waals surface area contributed by atoms with E-state index in [1.165, 1.54) is 0 Å². The third kappa shape index (κ3) is 5.83. The second-order valence-corrected chi connectivity index (χ2v) is 6.51. The van der Waals surface area contributed by atoms with Gasteiger partial charge in [0.2, 0.25) is 0 Å². The van der Waals surface area contributed by atoms with E-state index in [1.807, 2.05) is 6.92 Å². The SMILES string of the molecule is CCOc1ccc(C(=O)Oc2ccc(C(=O)OCc3ccc(Cl)cc3)cc2)cc1. The van der Waals surface area contributed by atoms with Crippen molar-refractivity contribution < 1.29 is 23.8 Å². The average Bonchev–Trinajstić information content (AvgIpc) is 2.74. The third-order valence-corrected chi connectivity index (χ3v) is 4.24. The number of hydrogen-bond acceptors (Lipinski definition) is 5. The van der Waals surface area contributed by atoms with Gasteiger partial charge in [-0.3, -0.25) is 0 Å². The van der Waals surface area contributed by atoms with Crippen LogP contribution in [0, 0.1) is 0 Å². The Bertz CT molecular complexity index is 964. The lowest BCUT2D eigenvalue weighted by molar-refractivity contribution is 0.0472. The molecule has 3 aromatic rings. The summed E-state index contributed by atoms with van der Waals surface area (Å²) in [5, 5.41) is 0.621. The fraction of sp³-hybridized carbons (Fsp3) is 0.130. The number of carbonyl (C=O) groups excluding carboxylic acids is 2. The van der Waals surface area contributed by atoms with Crippen molar-refractivity contribution in [2.45, 2.75) is 13.5 Å². The molecule has 3 aromatic carbocycles. The first kappa shape index (κ1) is 20.4. The Morgan fingerprint density at radius 3 is 1.90 bits per heavy atom. The first-order chi connectivity index (χ1) is 14.0. The molecule has 0 N–H and O–H groups in total. The number of halogens is 1. The minimum absolute atomic E-state index is 0.143. The Morgan fingerprint density at radius 2 is 1.31 bits per heavy atom. The summed E-state index contributed by atoms with van der Waals surface area (Å²) in [6.07, 6.45) is 0. The van der Waals surface area contributed by atoms with Crippen LogP contribution in [0.5, 0.6) is 11.5 Å². The molecular formula is C23H19ClO5. The van der Waals surface area contributed by atoms with Gasteiger partial charge in [-0.25, -0.2) is 9.59 Å². The molecule has 0 aliphatic rings. The number of carbonyl (C=O) groups is 2. The summed E-state index contributed by atoms with van der Waals surface area (Å²) < 4.78 is 16.0. The maximum atomic E-state index is 12.2. The molecule has 0 saturated heterocycles. The Morgan fingerprint density at radius 1 is 0.759 bits per heavy atom. The van der Waals surface area contributed by atoms with E-state index in [0.717, 1.165) is 5.56 Å². The summed E-state index contributed by atoms with van der Waals surface area (Å²) in [4.78, 5) is 24.4. The monoisotopic (exact) mass is 410 g/mol. The molecule has 0 saturated carbocycles. The number of ether oxygens (including phenoxy) is 3. The molecule has 0 heterocycles. The Labute approximate surface area is 173 Å². The van der Waals surface area contributed by atoms with Gasteiger partial charge in [0, 0.05) is 5.02 Å². The van der Waals surface area contributed by atoms with Crippen LogP contribution in [0.15, 0.2) is 72.8 Å². The molecule has 6 heteroatoms. The van der Waals surface area contributed by atoms with Crippen LogP contribution in [0.25, 0.3) is 0 Å². The molecule has 29 heavy (non-hydrogen) atoms. The van der Waals surface area contributed by atoms with Crippen molar-refractivity contribution in [1.29, 1.82) is 0 Å². The third-order valence-electron chi connectivity index (χ3n) is 3.98. The summed E-state index contributed by atoms with van der Waals surface area (Å²) in [7, 11) is 0. The smallest absolute Gasteiger partial charge is 0.343 e. The first-order valence-corrected chi connectivity index (χ1v) is 9.39. The van der Waals surface area contributed by atoms with Crippen LogP contribution in [0.1, 0.15) is 33.2 Å². The maximum absolute atomic E-state index is 12.2. The highest BCUT2D eigenvalue weighted by Crippen LogP contribution is 2.18. The van der Waals surface area contributed by atoms with Crippen molar-refractivity contribution in [2.75, 3.05) is 6.61 Å². The molecule has 5 nitrogen and oxygen atoms in total. The van der Waals surface area contributed by atoms with E-state index >= 15 is 0 Å². The highest BCUT2D eigenvalue weighted by Gasteiger charge is 2.11. The molecule has 0 atom stereocenters. The zero-order valence-corrected chi connectivity index (χ0v) is 16.5. The maximum Gasteiger partial charge on any atom is 0.343 e. The summed E-state index contributed by atoms with van der Waals surface area (Å²) in [6, 6.07) is 19.9. The van der Waals surface area contributed by atoms with E-state index < -0.39 is 11.9 Å². The quantitative estimate of drug-likeness (QED) is 0.390. The van der Waals surface area contributed by atoms with Crippen LogP contribution >= 0.6 is 11.6 Å². The minimum atomic E-state index is -0.494. The molecular weight excluding hydrogens is 392 g/mol. The predicted octanol–water partition coefficient (Wildman–Crippen LogP) is 5.31. The van der Waals surface area contributed by atoms with Crippen molar-refractivity contribution in [1.82, 2.24) is 0 Å². The van der Waals surface area contributed by atoms with Gasteiger partial charge >= 0.3 is 11.9 Å². The number of rotatable bonds is 7. The lowest BCUT2D eigenvalue weighted by Gasteiger charge is -2.08. The molecule has 0 fully saturated rings. The van der Waals surface area contributed by atoms with Crippen molar-refractivity contribution in [2.24, 2.45) is 0 Å². The highest BCUT2D eigenvalue weighted by atomic mass is 35.5. The van der Waals surface area contributed by atoms with Crippen LogP contribution in [-0.2, 0) is 11.3 Å². The van der Waals surface area contributed by atoms with E-state index in [4.69, 9.17) is 25.8 Å². The highest BCUT2D eigenvalue weighted by molar-refractivity contribution is 6.30. The number of esters is 2. The van der Waals surface area contributed by atoms with Crippen LogP contribution in [-0.4, -0.2) is 18.5 Å². The zero-order chi connectivity index (χ0) is 20.6. The fourth-order valence-corrected chi connectivity index (χ4v) is 2.62. The minimum Gasteiger partial charge on any atom is -0.494 e. The molecule has 0 radical (unpaired) electrons. The lowest BCUT2D eigenvalue weighted by Crippen LogP contribution is -2.09. The second-order valence-electron chi connectivity index (χ2n) is 6.07. The Balaban J connectivity index is 1.55. The van der Waals surface area contributed by atoms with E-state index in [2.05, 4.69) is 0 Å². The fourth-order valence-electron chi connectivity index (χ4n) is 2.49. The zero-order valence-electron chi connectivity index (χ0n) is 15.8. The van der Waals surface area contributed by atoms with Gasteiger partial charge in [0.05, 0.1) is 17.7 Å². The van der Waals surface area contributed by atoms with Gasteiger partial charge in [-0.05, 0) is 73.2 Å². The van der Waals surface area contributed by atoms with Gasteiger partial charge in [-0.1, -0.05) is 23.7 Å². The second kappa shape index (κ2) is 9.75. The lowest BCUT2D eigenvalue weighted by atomic mass is 10.2. The normalized spacial score (nSPS) is 10.3. The molecule has 0 amide bonds. The molecule has 0 aliphatic heterocycles. The van der Waals surface area contributed by atoms with Crippen molar-refractivity contribution in [3.8, 4) is 11.5 Å². The Kier molecular flexibility index (Phi) is 6.87. The number of hydrogen-bond donors (Lipinski definition) is 0. The molecule has 0 spiro atoms. The molecule has 0 aromatic heterocycles. The summed E-state index contributed by atoms with van der Waals surface area (Å²) in [5.74, 6) is 0.0547. The van der Waals surface area contributed by atoms with Crippen molar-refractivity contribution in [3.05, 3.63) is 94.5 Å². The standard InChI is InChI=1S/C23H19ClO5/c1-2-27-20-11-5-18(6-12-20)23(26)29-21-13-7-17(8-14-21)22(25)28-15-16-3-9-19(24)10-4-16/h3-14H,2,15H2,1H3. The van der Waals surface area contributed by atoms with Gasteiger partial charge in [-0.2, -0.15) is 0 Å². The summed E-state index contributed by atoms with van der Waals surface area (Å²) in [6.45, 7) is 2.59. The molecule has 148 valence electrons. The van der Waals surface area contributed by atoms with Gasteiger partial charge in [0.15, 0.2) is 0 Å². The first-order valence-electron chi connectivity index (χ1n) is 9.02. The largest absolute Gasteiger partial charge is 0.494 e. The van der Waals surface area contributed by atoms with Crippen LogP contribution in [0.3, 0.4) is 0 Å². The average molecular weight is 411 g/mol. The molecule has 0 bridgehead atoms. The van der Waals surface area contributed by atoms with E-state index in [1.54, 1.807) is 72.8 Å². The van der Waals surface area contributed by atoms with E-state index in [-0.39, 0.29) is 6.61 Å². The van der Waals surface area contributed by atoms with Crippen molar-refractivity contribution >= 4 is 23.5 Å². The molecule has 0 aliphatic carbocycles. The topological polar surface area (TPSA) is 61.8 Å². The van der Waals surface area contributed by atoms with Crippen LogP contribution in [0.4, 0.5) is 0 Å². The summed E-state index contributed by atoms with van der Waals surface area (Å²) >= 11 is 5.83. The molecule has 0 unspecified atom stereocenters. The van der Waals surface area contributed by atoms with Crippen LogP contribution < -0.4 is 9.47 Å². The van der Waals surface area contributed by atoms with Gasteiger partial charge < -0.3 is 14.2 Å².